The van der Waals surface area contributed by atoms with Crippen molar-refractivity contribution >= 4 is 11.6 Å². The number of aromatic nitrogens is 2. The van der Waals surface area contributed by atoms with E-state index in [-0.39, 0.29) is 12.3 Å². The Kier molecular flexibility index (Phi) is 5.34. The maximum Gasteiger partial charge on any atom is 0.227 e. The summed E-state index contributed by atoms with van der Waals surface area (Å²) in [5.74, 6) is 0.575. The number of carbonyl (C=O) groups is 1. The number of ether oxygens (including phenoxy) is 1. The van der Waals surface area contributed by atoms with Crippen molar-refractivity contribution in [2.75, 3.05) is 11.9 Å². The van der Waals surface area contributed by atoms with Gasteiger partial charge in [0, 0.05) is 18.8 Å². The van der Waals surface area contributed by atoms with E-state index in [0.29, 0.717) is 18.9 Å². The summed E-state index contributed by atoms with van der Waals surface area (Å²) in [6.45, 7) is 3.49. The van der Waals surface area contributed by atoms with Gasteiger partial charge in [-0.1, -0.05) is 18.2 Å². The largest absolute Gasteiger partial charge is 0.490 e. The van der Waals surface area contributed by atoms with E-state index in [9.17, 15) is 4.79 Å². The number of para-hydroxylation sites is 1. The van der Waals surface area contributed by atoms with Crippen molar-refractivity contribution in [3.63, 3.8) is 0 Å². The number of carbonyl (C=O) groups excluding carboxylic acids is 1. The zero-order chi connectivity index (χ0) is 15.1. The van der Waals surface area contributed by atoms with Crippen LogP contribution in [0, 0.1) is 0 Å². The van der Waals surface area contributed by atoms with Crippen molar-refractivity contribution in [2.24, 2.45) is 5.73 Å². The average Bonchev–Trinajstić information content (AvgIpc) is 2.96. The Morgan fingerprint density at radius 3 is 2.95 bits per heavy atom. The third kappa shape index (κ3) is 4.32. The van der Waals surface area contributed by atoms with Gasteiger partial charge in [-0.3, -0.25) is 9.48 Å². The van der Waals surface area contributed by atoms with Crippen LogP contribution >= 0.6 is 0 Å². The SMILES string of the molecule is CCn1cc(OCCC(=O)Nc2ccccc2CN)cn1. The van der Waals surface area contributed by atoms with E-state index >= 15 is 0 Å². The lowest BCUT2D eigenvalue weighted by Crippen LogP contribution is -2.16. The van der Waals surface area contributed by atoms with E-state index in [2.05, 4.69) is 10.4 Å². The van der Waals surface area contributed by atoms with Gasteiger partial charge in [0.1, 0.15) is 0 Å². The summed E-state index contributed by atoms with van der Waals surface area (Å²) in [6, 6.07) is 7.49. The monoisotopic (exact) mass is 288 g/mol. The van der Waals surface area contributed by atoms with Gasteiger partial charge >= 0.3 is 0 Å². The molecular weight excluding hydrogens is 268 g/mol. The molecule has 0 saturated carbocycles. The van der Waals surface area contributed by atoms with Crippen LogP contribution in [-0.2, 0) is 17.9 Å². The highest BCUT2D eigenvalue weighted by atomic mass is 16.5. The minimum atomic E-state index is -0.0983. The van der Waals surface area contributed by atoms with E-state index < -0.39 is 0 Å². The van der Waals surface area contributed by atoms with Crippen molar-refractivity contribution in [3.8, 4) is 5.75 Å². The van der Waals surface area contributed by atoms with E-state index in [4.69, 9.17) is 10.5 Å². The van der Waals surface area contributed by atoms with Crippen molar-refractivity contribution in [1.82, 2.24) is 9.78 Å². The summed E-state index contributed by atoms with van der Waals surface area (Å²) in [5.41, 5.74) is 7.30. The lowest BCUT2D eigenvalue weighted by atomic mass is 10.2. The number of rotatable bonds is 7. The summed E-state index contributed by atoms with van der Waals surface area (Å²) in [7, 11) is 0. The molecule has 0 aliphatic rings. The predicted octanol–water partition coefficient (Wildman–Crippen LogP) is 1.77. The van der Waals surface area contributed by atoms with Crippen LogP contribution in [0.5, 0.6) is 5.75 Å². The van der Waals surface area contributed by atoms with Gasteiger partial charge in [-0.2, -0.15) is 5.10 Å². The highest BCUT2D eigenvalue weighted by molar-refractivity contribution is 5.91. The van der Waals surface area contributed by atoms with E-state index in [1.165, 1.54) is 0 Å². The van der Waals surface area contributed by atoms with Gasteiger partial charge in [-0.25, -0.2) is 0 Å². The molecule has 0 aliphatic heterocycles. The van der Waals surface area contributed by atoms with Gasteiger partial charge < -0.3 is 15.8 Å². The number of hydrogen-bond donors (Lipinski definition) is 2. The van der Waals surface area contributed by atoms with Gasteiger partial charge in [0.2, 0.25) is 5.91 Å². The molecule has 0 bridgehead atoms. The topological polar surface area (TPSA) is 82.2 Å². The smallest absolute Gasteiger partial charge is 0.227 e. The normalized spacial score (nSPS) is 10.4. The van der Waals surface area contributed by atoms with Crippen LogP contribution in [0.1, 0.15) is 18.9 Å². The third-order valence-electron chi connectivity index (χ3n) is 3.04. The van der Waals surface area contributed by atoms with Gasteiger partial charge in [-0.15, -0.1) is 0 Å². The van der Waals surface area contributed by atoms with E-state index in [0.717, 1.165) is 17.8 Å². The number of nitrogens with one attached hydrogen (secondary N) is 1. The second-order valence-corrected chi connectivity index (χ2v) is 4.54. The lowest BCUT2D eigenvalue weighted by molar-refractivity contribution is -0.116. The minimum absolute atomic E-state index is 0.0983. The fourth-order valence-electron chi connectivity index (χ4n) is 1.89. The van der Waals surface area contributed by atoms with Crippen LogP contribution in [-0.4, -0.2) is 22.3 Å². The summed E-state index contributed by atoms with van der Waals surface area (Å²) >= 11 is 0. The quantitative estimate of drug-likeness (QED) is 0.813. The molecule has 2 aromatic rings. The first kappa shape index (κ1) is 15.1. The second kappa shape index (κ2) is 7.44. The molecule has 6 nitrogen and oxygen atoms in total. The zero-order valence-electron chi connectivity index (χ0n) is 12.1. The Balaban J connectivity index is 1.79. The predicted molar refractivity (Wildman–Crippen MR) is 81.0 cm³/mol. The Hall–Kier alpha value is -2.34. The minimum Gasteiger partial charge on any atom is -0.490 e. The maximum atomic E-state index is 11.9. The van der Waals surface area contributed by atoms with E-state index in [1.54, 1.807) is 10.9 Å². The fourth-order valence-corrected chi connectivity index (χ4v) is 1.89. The summed E-state index contributed by atoms with van der Waals surface area (Å²) in [5, 5.41) is 6.94. The molecule has 0 unspecified atom stereocenters. The Morgan fingerprint density at radius 1 is 1.43 bits per heavy atom. The molecule has 0 saturated heterocycles. The number of benzene rings is 1. The number of anilines is 1. The molecule has 0 spiro atoms. The van der Waals surface area contributed by atoms with Crippen molar-refractivity contribution in [3.05, 3.63) is 42.2 Å². The van der Waals surface area contributed by atoms with Crippen LogP contribution in [0.4, 0.5) is 5.69 Å². The van der Waals surface area contributed by atoms with Gasteiger partial charge in [0.05, 0.1) is 25.4 Å². The van der Waals surface area contributed by atoms with Crippen LogP contribution in [0.15, 0.2) is 36.7 Å². The van der Waals surface area contributed by atoms with E-state index in [1.807, 2.05) is 37.4 Å². The molecule has 0 aliphatic carbocycles. The Labute approximate surface area is 123 Å². The zero-order valence-corrected chi connectivity index (χ0v) is 12.1. The first-order chi connectivity index (χ1) is 10.2. The Morgan fingerprint density at radius 2 is 2.24 bits per heavy atom. The molecule has 21 heavy (non-hydrogen) atoms. The molecule has 0 radical (unpaired) electrons. The molecule has 6 heteroatoms. The van der Waals surface area contributed by atoms with Crippen LogP contribution < -0.4 is 15.8 Å². The average molecular weight is 288 g/mol. The van der Waals surface area contributed by atoms with Crippen LogP contribution in [0.25, 0.3) is 0 Å². The highest BCUT2D eigenvalue weighted by Gasteiger charge is 2.06. The molecular formula is C15H20N4O2. The molecule has 0 atom stereocenters. The number of aryl methyl sites for hydroxylation is 1. The second-order valence-electron chi connectivity index (χ2n) is 4.54. The number of nitrogens with zero attached hydrogens (tertiary/aromatic N) is 2. The van der Waals surface area contributed by atoms with Crippen molar-refractivity contribution in [2.45, 2.75) is 26.4 Å². The summed E-state index contributed by atoms with van der Waals surface area (Å²) in [4.78, 5) is 11.9. The molecule has 112 valence electrons. The first-order valence-electron chi connectivity index (χ1n) is 6.96. The van der Waals surface area contributed by atoms with Crippen molar-refractivity contribution < 1.29 is 9.53 Å². The summed E-state index contributed by atoms with van der Waals surface area (Å²) in [6.07, 6.45) is 3.73. The maximum absolute atomic E-state index is 11.9. The molecule has 1 heterocycles. The molecule has 3 N–H and O–H groups in total. The standard InChI is InChI=1S/C15H20N4O2/c1-2-19-11-13(10-17-19)21-8-7-15(20)18-14-6-4-3-5-12(14)9-16/h3-6,10-11H,2,7-9,16H2,1H3,(H,18,20). The molecule has 2 rings (SSSR count). The number of hydrogen-bond acceptors (Lipinski definition) is 4. The van der Waals surface area contributed by atoms with Crippen molar-refractivity contribution in [1.29, 1.82) is 0 Å². The lowest BCUT2D eigenvalue weighted by Gasteiger charge is -2.09. The summed E-state index contributed by atoms with van der Waals surface area (Å²) < 4.78 is 7.26. The van der Waals surface area contributed by atoms with Gasteiger partial charge in [-0.05, 0) is 18.6 Å². The van der Waals surface area contributed by atoms with Crippen LogP contribution in [0.3, 0.4) is 0 Å². The number of nitrogens with two attached hydrogens (primary N) is 1. The Bertz CT molecular complexity index is 595. The number of amides is 1. The third-order valence-corrected chi connectivity index (χ3v) is 3.04. The highest BCUT2D eigenvalue weighted by Crippen LogP contribution is 2.14. The molecule has 1 aromatic carbocycles. The molecule has 1 amide bonds. The van der Waals surface area contributed by atoms with Gasteiger partial charge in [0.25, 0.3) is 0 Å². The van der Waals surface area contributed by atoms with Crippen LogP contribution in [0.2, 0.25) is 0 Å². The molecule has 0 fully saturated rings. The first-order valence-corrected chi connectivity index (χ1v) is 6.96. The molecule has 1 aromatic heterocycles. The fraction of sp³-hybridized carbons (Fsp3) is 0.333. The van der Waals surface area contributed by atoms with Gasteiger partial charge in [0.15, 0.2) is 5.75 Å².